The normalized spacial score (nSPS) is 25.9. The average molecular weight is 318 g/mol. The minimum Gasteiger partial charge on any atom is -0.393 e. The minimum absolute atomic E-state index is 0.144. The number of thiophene rings is 1. The molecule has 1 N–H and O–H groups in total. The lowest BCUT2D eigenvalue weighted by Gasteiger charge is -2.26. The first-order chi connectivity index (χ1) is 10.7. The first kappa shape index (κ1) is 14.4. The van der Waals surface area contributed by atoms with Gasteiger partial charge in [-0.3, -0.25) is 9.36 Å². The van der Waals surface area contributed by atoms with E-state index in [0.29, 0.717) is 0 Å². The lowest BCUT2D eigenvalue weighted by molar-refractivity contribution is 0.110. The highest BCUT2D eigenvalue weighted by Gasteiger charge is 2.24. The van der Waals surface area contributed by atoms with Crippen LogP contribution < -0.4 is 5.56 Å². The smallest absolute Gasteiger partial charge is 0.262 e. The largest absolute Gasteiger partial charge is 0.393 e. The SMILES string of the molecule is O=c1c2c3c(sc2ncn1C1CCC(O)CC1)CCCCC3. The van der Waals surface area contributed by atoms with Crippen LogP contribution in [0.15, 0.2) is 11.1 Å². The van der Waals surface area contributed by atoms with Gasteiger partial charge in [0.15, 0.2) is 0 Å². The van der Waals surface area contributed by atoms with Crippen molar-refractivity contribution in [3.05, 3.63) is 27.1 Å². The van der Waals surface area contributed by atoms with Crippen molar-refractivity contribution < 1.29 is 5.11 Å². The number of aliphatic hydroxyl groups is 1. The summed E-state index contributed by atoms with van der Waals surface area (Å²) in [5.41, 5.74) is 1.42. The Bertz CT molecular complexity index is 741. The molecule has 1 saturated carbocycles. The average Bonchev–Trinajstić information content (AvgIpc) is 2.72. The van der Waals surface area contributed by atoms with Crippen molar-refractivity contribution in [3.8, 4) is 0 Å². The molecule has 0 radical (unpaired) electrons. The highest BCUT2D eigenvalue weighted by molar-refractivity contribution is 7.18. The summed E-state index contributed by atoms with van der Waals surface area (Å²) in [5, 5.41) is 10.6. The van der Waals surface area contributed by atoms with Crippen molar-refractivity contribution in [2.75, 3.05) is 0 Å². The quantitative estimate of drug-likeness (QED) is 0.822. The second kappa shape index (κ2) is 5.78. The summed E-state index contributed by atoms with van der Waals surface area (Å²) in [5.74, 6) is 0. The molecule has 2 aromatic heterocycles. The lowest BCUT2D eigenvalue weighted by Crippen LogP contribution is -2.29. The first-order valence-electron chi connectivity index (χ1n) is 8.43. The molecule has 118 valence electrons. The number of fused-ring (bicyclic) bond motifs is 3. The molecular formula is C17H22N2O2S. The van der Waals surface area contributed by atoms with E-state index in [1.165, 1.54) is 29.7 Å². The van der Waals surface area contributed by atoms with Gasteiger partial charge >= 0.3 is 0 Å². The van der Waals surface area contributed by atoms with Crippen molar-refractivity contribution >= 4 is 21.6 Å². The van der Waals surface area contributed by atoms with E-state index in [9.17, 15) is 9.90 Å². The molecule has 2 heterocycles. The van der Waals surface area contributed by atoms with Crippen LogP contribution in [0.4, 0.5) is 0 Å². The molecular weight excluding hydrogens is 296 g/mol. The summed E-state index contributed by atoms with van der Waals surface area (Å²) in [6.07, 6.45) is 10.7. The summed E-state index contributed by atoms with van der Waals surface area (Å²) in [7, 11) is 0. The molecule has 4 rings (SSSR count). The van der Waals surface area contributed by atoms with Gasteiger partial charge in [0, 0.05) is 10.9 Å². The number of rotatable bonds is 1. The van der Waals surface area contributed by atoms with Crippen LogP contribution in [-0.4, -0.2) is 20.8 Å². The van der Waals surface area contributed by atoms with Crippen molar-refractivity contribution in [2.45, 2.75) is 69.9 Å². The van der Waals surface area contributed by atoms with E-state index in [4.69, 9.17) is 0 Å². The number of aliphatic hydroxyl groups excluding tert-OH is 1. The fraction of sp³-hybridized carbons (Fsp3) is 0.647. The second-order valence-corrected chi connectivity index (χ2v) is 7.75. The molecule has 1 fully saturated rings. The fourth-order valence-corrected chi connectivity index (χ4v) is 5.15. The third-order valence-corrected chi connectivity index (χ3v) is 6.41. The zero-order valence-electron chi connectivity index (χ0n) is 12.8. The highest BCUT2D eigenvalue weighted by atomic mass is 32.1. The molecule has 0 amide bonds. The van der Waals surface area contributed by atoms with Gasteiger partial charge in [-0.15, -0.1) is 11.3 Å². The third-order valence-electron chi connectivity index (χ3n) is 5.21. The molecule has 2 aromatic rings. The topological polar surface area (TPSA) is 55.1 Å². The van der Waals surface area contributed by atoms with Gasteiger partial charge in [0.05, 0.1) is 17.8 Å². The Balaban J connectivity index is 1.79. The van der Waals surface area contributed by atoms with Crippen LogP contribution in [-0.2, 0) is 12.8 Å². The minimum atomic E-state index is -0.193. The van der Waals surface area contributed by atoms with E-state index in [2.05, 4.69) is 4.98 Å². The maximum Gasteiger partial charge on any atom is 0.262 e. The van der Waals surface area contributed by atoms with Gasteiger partial charge in [-0.2, -0.15) is 0 Å². The Morgan fingerprint density at radius 3 is 2.73 bits per heavy atom. The maximum absolute atomic E-state index is 13.0. The Kier molecular flexibility index (Phi) is 3.78. The van der Waals surface area contributed by atoms with Gasteiger partial charge in [0.25, 0.3) is 5.56 Å². The lowest BCUT2D eigenvalue weighted by atomic mass is 9.93. The van der Waals surface area contributed by atoms with E-state index in [1.54, 1.807) is 17.7 Å². The van der Waals surface area contributed by atoms with Crippen molar-refractivity contribution in [1.29, 1.82) is 0 Å². The number of hydrogen-bond acceptors (Lipinski definition) is 4. The van der Waals surface area contributed by atoms with E-state index in [0.717, 1.165) is 48.7 Å². The first-order valence-corrected chi connectivity index (χ1v) is 9.25. The monoisotopic (exact) mass is 318 g/mol. The third kappa shape index (κ3) is 2.40. The van der Waals surface area contributed by atoms with Crippen molar-refractivity contribution in [1.82, 2.24) is 9.55 Å². The summed E-state index contributed by atoms with van der Waals surface area (Å²) >= 11 is 1.72. The molecule has 0 aliphatic heterocycles. The molecule has 0 unspecified atom stereocenters. The Hall–Kier alpha value is -1.20. The van der Waals surface area contributed by atoms with Gasteiger partial charge in [-0.05, 0) is 56.9 Å². The van der Waals surface area contributed by atoms with E-state index < -0.39 is 0 Å². The molecule has 4 nitrogen and oxygen atoms in total. The molecule has 2 aliphatic rings. The van der Waals surface area contributed by atoms with Crippen LogP contribution in [0.3, 0.4) is 0 Å². The number of aromatic nitrogens is 2. The fourth-order valence-electron chi connectivity index (χ4n) is 3.93. The molecule has 0 spiro atoms. The number of nitrogens with zero attached hydrogens (tertiary/aromatic N) is 2. The second-order valence-electron chi connectivity index (χ2n) is 6.66. The van der Waals surface area contributed by atoms with Gasteiger partial charge in [-0.1, -0.05) is 6.42 Å². The van der Waals surface area contributed by atoms with Crippen molar-refractivity contribution in [2.24, 2.45) is 0 Å². The maximum atomic E-state index is 13.0. The molecule has 0 aromatic carbocycles. The van der Waals surface area contributed by atoms with E-state index >= 15 is 0 Å². The Morgan fingerprint density at radius 2 is 1.91 bits per heavy atom. The van der Waals surface area contributed by atoms with Gasteiger partial charge in [0.1, 0.15) is 4.83 Å². The zero-order chi connectivity index (χ0) is 15.1. The van der Waals surface area contributed by atoms with Crippen molar-refractivity contribution in [3.63, 3.8) is 0 Å². The summed E-state index contributed by atoms with van der Waals surface area (Å²) in [4.78, 5) is 19.9. The predicted molar refractivity (Wildman–Crippen MR) is 88.7 cm³/mol. The zero-order valence-corrected chi connectivity index (χ0v) is 13.6. The van der Waals surface area contributed by atoms with Crippen LogP contribution >= 0.6 is 11.3 Å². The summed E-state index contributed by atoms with van der Waals surface area (Å²) in [6.45, 7) is 0. The van der Waals surface area contributed by atoms with Crippen LogP contribution in [0.2, 0.25) is 0 Å². The molecule has 5 heteroatoms. The Morgan fingerprint density at radius 1 is 1.14 bits per heavy atom. The molecule has 22 heavy (non-hydrogen) atoms. The number of aryl methyl sites for hydroxylation is 2. The number of hydrogen-bond donors (Lipinski definition) is 1. The predicted octanol–water partition coefficient (Wildman–Crippen LogP) is 3.20. The highest BCUT2D eigenvalue weighted by Crippen LogP contribution is 2.34. The van der Waals surface area contributed by atoms with Crippen LogP contribution in [0.5, 0.6) is 0 Å². The molecule has 0 saturated heterocycles. The van der Waals surface area contributed by atoms with Crippen LogP contribution in [0.1, 0.15) is 61.4 Å². The Labute approximate surface area is 133 Å². The molecule has 0 bridgehead atoms. The van der Waals surface area contributed by atoms with Gasteiger partial charge < -0.3 is 5.11 Å². The van der Waals surface area contributed by atoms with E-state index in [-0.39, 0.29) is 17.7 Å². The van der Waals surface area contributed by atoms with Crippen LogP contribution in [0, 0.1) is 0 Å². The van der Waals surface area contributed by atoms with Crippen LogP contribution in [0.25, 0.3) is 10.2 Å². The van der Waals surface area contributed by atoms with Gasteiger partial charge in [-0.25, -0.2) is 4.98 Å². The summed E-state index contributed by atoms with van der Waals surface area (Å²) in [6, 6.07) is 0.203. The molecule has 0 atom stereocenters. The van der Waals surface area contributed by atoms with Gasteiger partial charge in [0.2, 0.25) is 0 Å². The standard InChI is InChI=1S/C17H22N2O2S/c20-12-8-6-11(7-9-12)19-10-18-16-15(17(19)21)13-4-2-1-3-5-14(13)22-16/h10-12,20H,1-9H2. The summed E-state index contributed by atoms with van der Waals surface area (Å²) < 4.78 is 1.84. The van der Waals surface area contributed by atoms with E-state index in [1.807, 2.05) is 4.57 Å². The molecule has 2 aliphatic carbocycles.